The number of phenols is 2. The minimum atomic E-state index is -0.169. The maximum absolute atomic E-state index is 10.9. The van der Waals surface area contributed by atoms with Crippen LogP contribution in [-0.2, 0) is 10.8 Å². The summed E-state index contributed by atoms with van der Waals surface area (Å²) < 4.78 is 10.6. The van der Waals surface area contributed by atoms with Crippen molar-refractivity contribution in [3.63, 3.8) is 0 Å². The molecule has 0 heterocycles. The maximum atomic E-state index is 10.9. The second kappa shape index (κ2) is 8.63. The van der Waals surface area contributed by atoms with Crippen molar-refractivity contribution in [2.45, 2.75) is 65.2 Å². The maximum Gasteiger partial charge on any atom is 0.200 e. The molecule has 0 aliphatic rings. The van der Waals surface area contributed by atoms with E-state index in [0.29, 0.717) is 17.2 Å². The molecule has 0 aromatic heterocycles. The average Bonchev–Trinajstić information content (AvgIpc) is 2.65. The molecule has 2 aromatic carbocycles. The van der Waals surface area contributed by atoms with Crippen molar-refractivity contribution in [2.75, 3.05) is 14.2 Å². The first-order valence-electron chi connectivity index (χ1n) is 10.3. The number of methoxy groups -OCH3 is 2. The molecule has 2 N–H and O–H groups in total. The molecule has 4 nitrogen and oxygen atoms in total. The third-order valence-corrected chi connectivity index (χ3v) is 5.35. The monoisotopic (exact) mass is 412 g/mol. The Morgan fingerprint density at radius 3 is 1.57 bits per heavy atom. The van der Waals surface area contributed by atoms with Gasteiger partial charge in [0.05, 0.1) is 14.2 Å². The van der Waals surface area contributed by atoms with Gasteiger partial charge in [0.15, 0.2) is 11.5 Å². The molecule has 2 rings (SSSR count). The molecule has 0 aliphatic carbocycles. The summed E-state index contributed by atoms with van der Waals surface area (Å²) in [5.74, 6) is 1.23. The lowest BCUT2D eigenvalue weighted by Gasteiger charge is -2.28. The molecule has 0 saturated heterocycles. The molecule has 0 saturated carbocycles. The lowest BCUT2D eigenvalue weighted by atomic mass is 9.78. The van der Waals surface area contributed by atoms with E-state index in [1.54, 1.807) is 0 Å². The lowest BCUT2D eigenvalue weighted by molar-refractivity contribution is 0.339. The summed E-state index contributed by atoms with van der Waals surface area (Å²) in [6.07, 6.45) is 4.19. The highest BCUT2D eigenvalue weighted by molar-refractivity contribution is 5.60. The fourth-order valence-electron chi connectivity index (χ4n) is 3.44. The second-order valence-corrected chi connectivity index (χ2v) is 9.89. The number of benzene rings is 2. The zero-order chi connectivity index (χ0) is 22.9. The molecule has 0 bridgehead atoms. The van der Waals surface area contributed by atoms with Gasteiger partial charge in [-0.15, -0.1) is 0 Å². The summed E-state index contributed by atoms with van der Waals surface area (Å²) in [5.41, 5.74) is 3.57. The van der Waals surface area contributed by atoms with Gasteiger partial charge in [0.25, 0.3) is 0 Å². The van der Waals surface area contributed by atoms with Gasteiger partial charge in [0, 0.05) is 11.1 Å². The Bertz CT molecular complexity index is 867. The predicted molar refractivity (Wildman–Crippen MR) is 124 cm³/mol. The number of aromatic hydroxyl groups is 2. The van der Waals surface area contributed by atoms with E-state index in [2.05, 4.69) is 72.8 Å². The Hall–Kier alpha value is -2.62. The second-order valence-electron chi connectivity index (χ2n) is 9.89. The van der Waals surface area contributed by atoms with E-state index < -0.39 is 0 Å². The Balaban J connectivity index is 2.49. The molecular weight excluding hydrogens is 376 g/mol. The van der Waals surface area contributed by atoms with Gasteiger partial charge in [-0.25, -0.2) is 0 Å². The Morgan fingerprint density at radius 2 is 1.20 bits per heavy atom. The van der Waals surface area contributed by atoms with E-state index in [-0.39, 0.29) is 22.5 Å². The van der Waals surface area contributed by atoms with Crippen LogP contribution in [0.4, 0.5) is 0 Å². The largest absolute Gasteiger partial charge is 0.507 e. The predicted octanol–water partition coefficient (Wildman–Crippen LogP) is 6.53. The van der Waals surface area contributed by atoms with Crippen LogP contribution in [0.2, 0.25) is 0 Å². The molecule has 1 unspecified atom stereocenters. The van der Waals surface area contributed by atoms with Crippen molar-refractivity contribution in [3.8, 4) is 23.0 Å². The zero-order valence-electron chi connectivity index (χ0n) is 19.8. The summed E-state index contributed by atoms with van der Waals surface area (Å²) >= 11 is 0. The van der Waals surface area contributed by atoms with E-state index in [0.717, 1.165) is 22.3 Å². The topological polar surface area (TPSA) is 58.9 Å². The third kappa shape index (κ3) is 5.10. The van der Waals surface area contributed by atoms with Gasteiger partial charge in [-0.05, 0) is 52.1 Å². The Labute approximate surface area is 181 Å². The summed E-state index contributed by atoms with van der Waals surface area (Å²) in [6.45, 7) is 14.7. The van der Waals surface area contributed by atoms with E-state index in [1.807, 2.05) is 12.1 Å². The standard InChI is InChI=1S/C26H36O4/c1-16(18-14-21(29-8)24(28)22(15-18)30-9)10-11-17-12-19(25(2,3)4)23(27)20(13-17)26(5,6)7/h10-16,27-28H,1-9H3/b11-10+. The van der Waals surface area contributed by atoms with E-state index in [1.165, 1.54) is 14.2 Å². The first kappa shape index (κ1) is 23.7. The van der Waals surface area contributed by atoms with Crippen LogP contribution in [-0.4, -0.2) is 24.4 Å². The van der Waals surface area contributed by atoms with Crippen molar-refractivity contribution in [1.82, 2.24) is 0 Å². The highest BCUT2D eigenvalue weighted by Gasteiger charge is 2.26. The SMILES string of the molecule is COc1cc(C(C)/C=C/c2cc(C(C)(C)C)c(O)c(C(C)(C)C)c2)cc(OC)c1O. The van der Waals surface area contributed by atoms with Crippen LogP contribution in [0.5, 0.6) is 23.0 Å². The van der Waals surface area contributed by atoms with Crippen LogP contribution in [0.15, 0.2) is 30.3 Å². The number of allylic oxidation sites excluding steroid dienone is 1. The van der Waals surface area contributed by atoms with Crippen molar-refractivity contribution < 1.29 is 19.7 Å². The van der Waals surface area contributed by atoms with Gasteiger partial charge in [-0.3, -0.25) is 0 Å². The molecule has 0 amide bonds. The summed E-state index contributed by atoms with van der Waals surface area (Å²) in [5, 5.41) is 21.1. The van der Waals surface area contributed by atoms with E-state index in [4.69, 9.17) is 9.47 Å². The Morgan fingerprint density at radius 1 is 0.767 bits per heavy atom. The minimum absolute atomic E-state index is 0.00287. The minimum Gasteiger partial charge on any atom is -0.507 e. The molecule has 164 valence electrons. The van der Waals surface area contributed by atoms with Crippen molar-refractivity contribution >= 4 is 6.08 Å². The molecule has 2 aromatic rings. The number of hydrogen-bond acceptors (Lipinski definition) is 4. The van der Waals surface area contributed by atoms with Crippen molar-refractivity contribution in [1.29, 1.82) is 0 Å². The van der Waals surface area contributed by atoms with Gasteiger partial charge < -0.3 is 19.7 Å². The molecule has 30 heavy (non-hydrogen) atoms. The summed E-state index contributed by atoms with van der Waals surface area (Å²) in [6, 6.07) is 7.77. The summed E-state index contributed by atoms with van der Waals surface area (Å²) in [4.78, 5) is 0. The average molecular weight is 413 g/mol. The highest BCUT2D eigenvalue weighted by Crippen LogP contribution is 2.41. The van der Waals surface area contributed by atoms with Gasteiger partial charge in [0.1, 0.15) is 5.75 Å². The molecule has 4 heteroatoms. The molecule has 0 aliphatic heterocycles. The van der Waals surface area contributed by atoms with Gasteiger partial charge in [-0.1, -0.05) is 60.6 Å². The molecule has 0 radical (unpaired) electrons. The smallest absolute Gasteiger partial charge is 0.200 e. The molecule has 1 atom stereocenters. The first-order chi connectivity index (χ1) is 13.8. The molecule has 0 spiro atoms. The Kier molecular flexibility index (Phi) is 6.80. The normalized spacial score (nSPS) is 13.5. The highest BCUT2D eigenvalue weighted by atomic mass is 16.5. The van der Waals surface area contributed by atoms with Crippen molar-refractivity contribution in [3.05, 3.63) is 52.6 Å². The zero-order valence-corrected chi connectivity index (χ0v) is 19.8. The van der Waals surface area contributed by atoms with Gasteiger partial charge in [0.2, 0.25) is 5.75 Å². The van der Waals surface area contributed by atoms with E-state index in [9.17, 15) is 10.2 Å². The third-order valence-electron chi connectivity index (χ3n) is 5.35. The van der Waals surface area contributed by atoms with Gasteiger partial charge >= 0.3 is 0 Å². The quantitative estimate of drug-likeness (QED) is 0.586. The first-order valence-corrected chi connectivity index (χ1v) is 10.3. The molecule has 0 fully saturated rings. The van der Waals surface area contributed by atoms with Crippen LogP contribution in [0.1, 0.15) is 76.6 Å². The number of rotatable bonds is 5. The summed E-state index contributed by atoms with van der Waals surface area (Å²) in [7, 11) is 3.05. The fraction of sp³-hybridized carbons (Fsp3) is 0.462. The number of phenolic OH excluding ortho intramolecular Hbond substituents is 2. The number of ether oxygens (including phenoxy) is 2. The molecular formula is C26H36O4. The van der Waals surface area contributed by atoms with Crippen LogP contribution in [0.25, 0.3) is 6.08 Å². The van der Waals surface area contributed by atoms with Crippen LogP contribution >= 0.6 is 0 Å². The van der Waals surface area contributed by atoms with Gasteiger partial charge in [-0.2, -0.15) is 0 Å². The lowest BCUT2D eigenvalue weighted by Crippen LogP contribution is -2.17. The van der Waals surface area contributed by atoms with Crippen LogP contribution < -0.4 is 9.47 Å². The van der Waals surface area contributed by atoms with Crippen molar-refractivity contribution in [2.24, 2.45) is 0 Å². The fourth-order valence-corrected chi connectivity index (χ4v) is 3.44. The van der Waals surface area contributed by atoms with Crippen LogP contribution in [0.3, 0.4) is 0 Å². The van der Waals surface area contributed by atoms with E-state index >= 15 is 0 Å². The number of hydrogen-bond donors (Lipinski definition) is 2. The van der Waals surface area contributed by atoms with Crippen LogP contribution in [0, 0.1) is 0 Å².